The van der Waals surface area contributed by atoms with Gasteiger partial charge in [-0.3, -0.25) is 4.79 Å². The van der Waals surface area contributed by atoms with E-state index in [-0.39, 0.29) is 10.8 Å². The molecule has 1 amide bonds. The van der Waals surface area contributed by atoms with E-state index in [4.69, 9.17) is 0 Å². The lowest BCUT2D eigenvalue weighted by atomic mass is 10.0. The van der Waals surface area contributed by atoms with Crippen molar-refractivity contribution in [2.75, 3.05) is 32.7 Å². The van der Waals surface area contributed by atoms with Crippen molar-refractivity contribution in [3.8, 4) is 0 Å². The summed E-state index contributed by atoms with van der Waals surface area (Å²) in [5.41, 5.74) is 0. The van der Waals surface area contributed by atoms with E-state index in [2.05, 4.69) is 17.1 Å². The SMILES string of the molecule is CC1CCCCN1CCCNC(=O)c1sccc1S(=O)(=O)N1CCCCC1. The fourth-order valence-electron chi connectivity index (χ4n) is 3.96. The molecule has 0 aromatic carbocycles. The lowest BCUT2D eigenvalue weighted by Gasteiger charge is -2.33. The maximum absolute atomic E-state index is 12.9. The number of hydrogen-bond donors (Lipinski definition) is 1. The van der Waals surface area contributed by atoms with Crippen molar-refractivity contribution in [1.29, 1.82) is 0 Å². The molecule has 3 rings (SSSR count). The third-order valence-electron chi connectivity index (χ3n) is 5.62. The van der Waals surface area contributed by atoms with E-state index in [1.807, 2.05) is 0 Å². The summed E-state index contributed by atoms with van der Waals surface area (Å²) in [6.07, 6.45) is 7.54. The molecule has 2 aliphatic rings. The van der Waals surface area contributed by atoms with Gasteiger partial charge in [0.05, 0.1) is 0 Å². The van der Waals surface area contributed by atoms with E-state index in [9.17, 15) is 13.2 Å². The lowest BCUT2D eigenvalue weighted by Crippen LogP contribution is -2.39. The van der Waals surface area contributed by atoms with Gasteiger partial charge < -0.3 is 10.2 Å². The third kappa shape index (κ3) is 5.10. The molecule has 0 saturated carbocycles. The molecule has 2 aliphatic heterocycles. The molecular weight excluding hydrogens is 382 g/mol. The van der Waals surface area contributed by atoms with Crippen molar-refractivity contribution < 1.29 is 13.2 Å². The second kappa shape index (κ2) is 9.49. The van der Waals surface area contributed by atoms with Crippen LogP contribution in [0.2, 0.25) is 0 Å². The summed E-state index contributed by atoms with van der Waals surface area (Å²) in [6.45, 7) is 6.05. The van der Waals surface area contributed by atoms with Crippen LogP contribution in [-0.2, 0) is 10.0 Å². The summed E-state index contributed by atoms with van der Waals surface area (Å²) < 4.78 is 27.3. The average Bonchev–Trinajstić information content (AvgIpc) is 3.18. The number of nitrogens with zero attached hydrogens (tertiary/aromatic N) is 2. The number of carbonyl (C=O) groups is 1. The molecule has 1 aromatic rings. The van der Waals surface area contributed by atoms with Crippen LogP contribution in [0.5, 0.6) is 0 Å². The third-order valence-corrected chi connectivity index (χ3v) is 8.60. The first-order valence-electron chi connectivity index (χ1n) is 10.1. The largest absolute Gasteiger partial charge is 0.351 e. The number of hydrogen-bond acceptors (Lipinski definition) is 5. The monoisotopic (exact) mass is 413 g/mol. The van der Waals surface area contributed by atoms with Gasteiger partial charge in [-0.15, -0.1) is 11.3 Å². The zero-order chi connectivity index (χ0) is 19.3. The summed E-state index contributed by atoms with van der Waals surface area (Å²) in [7, 11) is -3.57. The standard InChI is InChI=1S/C19H31N3O3S2/c1-16-8-3-6-11-21(16)12-7-10-20-19(23)18-17(9-15-26-18)27(24,25)22-13-4-2-5-14-22/h9,15-16H,2-8,10-14H2,1H3,(H,20,23). The minimum atomic E-state index is -3.57. The summed E-state index contributed by atoms with van der Waals surface area (Å²) >= 11 is 1.21. The van der Waals surface area contributed by atoms with Crippen molar-refractivity contribution in [2.24, 2.45) is 0 Å². The average molecular weight is 414 g/mol. The molecule has 152 valence electrons. The van der Waals surface area contributed by atoms with Crippen molar-refractivity contribution in [1.82, 2.24) is 14.5 Å². The van der Waals surface area contributed by atoms with E-state index in [1.54, 1.807) is 11.4 Å². The van der Waals surface area contributed by atoms with Crippen LogP contribution in [0, 0.1) is 0 Å². The molecule has 2 fully saturated rings. The van der Waals surface area contributed by atoms with Crippen LogP contribution < -0.4 is 5.32 Å². The lowest BCUT2D eigenvalue weighted by molar-refractivity contribution is 0.0949. The highest BCUT2D eigenvalue weighted by atomic mass is 32.2. The van der Waals surface area contributed by atoms with Gasteiger partial charge in [-0.05, 0) is 57.0 Å². The molecule has 0 spiro atoms. The molecule has 2 saturated heterocycles. The zero-order valence-corrected chi connectivity index (χ0v) is 17.8. The first kappa shape index (κ1) is 20.8. The van der Waals surface area contributed by atoms with E-state index in [1.165, 1.54) is 34.9 Å². The van der Waals surface area contributed by atoms with Gasteiger partial charge in [-0.2, -0.15) is 4.31 Å². The number of amides is 1. The quantitative estimate of drug-likeness (QED) is 0.698. The molecule has 1 unspecified atom stereocenters. The molecule has 8 heteroatoms. The Morgan fingerprint density at radius 1 is 1.19 bits per heavy atom. The second-order valence-corrected chi connectivity index (χ2v) is 10.4. The van der Waals surface area contributed by atoms with Crippen LogP contribution in [-0.4, -0.2) is 62.3 Å². The molecule has 6 nitrogen and oxygen atoms in total. The Labute approximate surface area is 167 Å². The van der Waals surface area contributed by atoms with Crippen molar-refractivity contribution in [3.63, 3.8) is 0 Å². The first-order chi connectivity index (χ1) is 13.0. The van der Waals surface area contributed by atoms with E-state index in [0.717, 1.165) is 38.8 Å². The minimum absolute atomic E-state index is 0.163. The predicted octanol–water partition coefficient (Wildman–Crippen LogP) is 2.92. The van der Waals surface area contributed by atoms with Crippen molar-refractivity contribution in [3.05, 3.63) is 16.3 Å². The van der Waals surface area contributed by atoms with Crippen LogP contribution in [0.1, 0.15) is 61.5 Å². The summed E-state index contributed by atoms with van der Waals surface area (Å²) in [6, 6.07) is 2.19. The predicted molar refractivity (Wildman–Crippen MR) is 109 cm³/mol. The number of nitrogens with one attached hydrogen (secondary N) is 1. The summed E-state index contributed by atoms with van der Waals surface area (Å²) in [4.78, 5) is 15.5. The Morgan fingerprint density at radius 2 is 1.93 bits per heavy atom. The number of thiophene rings is 1. The second-order valence-electron chi connectivity index (χ2n) is 7.57. The summed E-state index contributed by atoms with van der Waals surface area (Å²) in [5.74, 6) is -0.271. The maximum Gasteiger partial charge on any atom is 0.262 e. The van der Waals surface area contributed by atoms with E-state index in [0.29, 0.717) is 30.6 Å². The van der Waals surface area contributed by atoms with Crippen LogP contribution in [0.15, 0.2) is 16.3 Å². The highest BCUT2D eigenvalue weighted by molar-refractivity contribution is 7.89. The number of carbonyl (C=O) groups excluding carboxylic acids is 1. The van der Waals surface area contributed by atoms with Gasteiger partial charge in [-0.25, -0.2) is 8.42 Å². The highest BCUT2D eigenvalue weighted by Gasteiger charge is 2.30. The Hall–Kier alpha value is -0.960. The Kier molecular flexibility index (Phi) is 7.30. The topological polar surface area (TPSA) is 69.7 Å². The molecular formula is C19H31N3O3S2. The van der Waals surface area contributed by atoms with Gasteiger partial charge in [-0.1, -0.05) is 12.8 Å². The smallest absolute Gasteiger partial charge is 0.262 e. The minimum Gasteiger partial charge on any atom is -0.351 e. The van der Waals surface area contributed by atoms with Gasteiger partial charge in [0, 0.05) is 32.2 Å². The molecule has 0 aliphatic carbocycles. The molecule has 3 heterocycles. The normalized spacial score (nSPS) is 22.6. The first-order valence-corrected chi connectivity index (χ1v) is 12.4. The fraction of sp³-hybridized carbons (Fsp3) is 0.737. The zero-order valence-electron chi connectivity index (χ0n) is 16.2. The Bertz CT molecular complexity index is 726. The van der Waals surface area contributed by atoms with Crippen molar-refractivity contribution >= 4 is 27.3 Å². The Morgan fingerprint density at radius 3 is 2.67 bits per heavy atom. The number of sulfonamides is 1. The summed E-state index contributed by atoms with van der Waals surface area (Å²) in [5, 5.41) is 4.61. The molecule has 1 N–H and O–H groups in total. The molecule has 27 heavy (non-hydrogen) atoms. The van der Waals surface area contributed by atoms with Gasteiger partial charge >= 0.3 is 0 Å². The van der Waals surface area contributed by atoms with Crippen LogP contribution in [0.3, 0.4) is 0 Å². The highest BCUT2D eigenvalue weighted by Crippen LogP contribution is 2.27. The van der Waals surface area contributed by atoms with Gasteiger partial charge in [0.2, 0.25) is 10.0 Å². The van der Waals surface area contributed by atoms with Crippen LogP contribution >= 0.6 is 11.3 Å². The fourth-order valence-corrected chi connectivity index (χ4v) is 6.80. The molecule has 1 aromatic heterocycles. The van der Waals surface area contributed by atoms with Crippen molar-refractivity contribution in [2.45, 2.75) is 62.8 Å². The maximum atomic E-state index is 12.9. The van der Waals surface area contributed by atoms with Gasteiger partial charge in [0.25, 0.3) is 5.91 Å². The molecule has 0 bridgehead atoms. The van der Waals surface area contributed by atoms with Crippen LogP contribution in [0.4, 0.5) is 0 Å². The van der Waals surface area contributed by atoms with E-state index >= 15 is 0 Å². The number of likely N-dealkylation sites (tertiary alicyclic amines) is 1. The molecule has 1 atom stereocenters. The van der Waals surface area contributed by atoms with Crippen LogP contribution in [0.25, 0.3) is 0 Å². The molecule has 0 radical (unpaired) electrons. The number of piperidine rings is 2. The van der Waals surface area contributed by atoms with Gasteiger partial charge in [0.15, 0.2) is 0 Å². The number of rotatable bonds is 7. The Balaban J connectivity index is 1.54. The van der Waals surface area contributed by atoms with E-state index < -0.39 is 10.0 Å². The van der Waals surface area contributed by atoms with Gasteiger partial charge in [0.1, 0.15) is 9.77 Å².